The Hall–Kier alpha value is -3.23. The average molecular weight is 655 g/mol. The van der Waals surface area contributed by atoms with E-state index in [1.807, 2.05) is 0 Å². The number of rotatable bonds is 8. The Morgan fingerprint density at radius 2 is 1.47 bits per heavy atom. The molecule has 3 fully saturated rings. The number of likely N-dealkylation sites (tertiary alicyclic amines) is 2. The molecule has 0 radical (unpaired) electrons. The van der Waals surface area contributed by atoms with Crippen molar-refractivity contribution >= 4 is 11.0 Å². The maximum absolute atomic E-state index is 14.1. The number of piperidine rings is 2. The quantitative estimate of drug-likeness (QED) is 0.210. The fraction of sp³-hybridized carbons (Fsp3) is 0.571. The molecule has 6 rings (SSSR count). The third kappa shape index (κ3) is 6.86. The van der Waals surface area contributed by atoms with Crippen LogP contribution in [0, 0.1) is 11.8 Å². The summed E-state index contributed by atoms with van der Waals surface area (Å²) in [6.45, 7) is 7.93. The molecule has 0 bridgehead atoms. The standard InChI is InChI=1S/C35H46N2O10/c1-19-5-3-11-36(13-19)15-23-28(39)24(16-37-12-4-6-20(2)14-37)34-27(29(23)40)30(41)25(18-45-34)21-7-9-22(10-8-21)46-35-33(44)32(43)31(42)26(17-38)47-35/h7-10,18-20,26,31-33,35,38-40,42-44H,3-6,11-17H2,1-2H3/t19-,20+,26+,31+,32-,33+,35+/m1/s1. The number of hydrogen-bond acceptors (Lipinski definition) is 12. The lowest BCUT2D eigenvalue weighted by Gasteiger charge is -2.39. The van der Waals surface area contributed by atoms with Gasteiger partial charge in [-0.05, 0) is 68.3 Å². The van der Waals surface area contributed by atoms with Crippen LogP contribution in [0.1, 0.15) is 50.7 Å². The molecule has 3 aliphatic rings. The number of ether oxygens (including phenoxy) is 2. The second-order valence-corrected chi connectivity index (χ2v) is 13.6. The number of phenolic OH excluding ortho intramolecular Hbond substituents is 2. The molecule has 0 aliphatic carbocycles. The number of benzene rings is 2. The predicted molar refractivity (Wildman–Crippen MR) is 173 cm³/mol. The number of aliphatic hydroxyl groups is 4. The number of aliphatic hydroxyl groups excluding tert-OH is 4. The lowest BCUT2D eigenvalue weighted by Crippen LogP contribution is -2.60. The van der Waals surface area contributed by atoms with Crippen molar-refractivity contribution < 1.29 is 44.5 Å². The lowest BCUT2D eigenvalue weighted by atomic mass is 9.95. The van der Waals surface area contributed by atoms with Crippen molar-refractivity contribution in [3.8, 4) is 28.4 Å². The number of phenols is 2. The summed E-state index contributed by atoms with van der Waals surface area (Å²) in [5.74, 6) is 0.941. The fourth-order valence-corrected chi connectivity index (χ4v) is 7.27. The van der Waals surface area contributed by atoms with Crippen molar-refractivity contribution in [2.24, 2.45) is 11.8 Å². The smallest absolute Gasteiger partial charge is 0.229 e. The van der Waals surface area contributed by atoms with Crippen LogP contribution in [0.25, 0.3) is 22.1 Å². The molecule has 3 aromatic rings. The van der Waals surface area contributed by atoms with Crippen LogP contribution in [0.2, 0.25) is 0 Å². The van der Waals surface area contributed by atoms with Crippen LogP contribution in [-0.4, -0.2) is 104 Å². The molecule has 3 saturated heterocycles. The van der Waals surface area contributed by atoms with E-state index in [9.17, 15) is 35.4 Å². The van der Waals surface area contributed by atoms with Gasteiger partial charge in [0.1, 0.15) is 58.9 Å². The van der Waals surface area contributed by atoms with Crippen LogP contribution < -0.4 is 10.2 Å². The van der Waals surface area contributed by atoms with E-state index >= 15 is 0 Å². The second kappa shape index (κ2) is 14.1. The van der Waals surface area contributed by atoms with Crippen LogP contribution in [-0.2, 0) is 17.8 Å². The molecule has 12 heteroatoms. The highest BCUT2D eigenvalue weighted by atomic mass is 16.7. The second-order valence-electron chi connectivity index (χ2n) is 13.6. The molecule has 256 valence electrons. The maximum Gasteiger partial charge on any atom is 0.229 e. The van der Waals surface area contributed by atoms with E-state index in [1.165, 1.54) is 6.26 Å². The van der Waals surface area contributed by atoms with Gasteiger partial charge in [-0.15, -0.1) is 0 Å². The minimum atomic E-state index is -1.58. The zero-order valence-corrected chi connectivity index (χ0v) is 26.9. The van der Waals surface area contributed by atoms with Crippen LogP contribution in [0.15, 0.2) is 39.7 Å². The molecule has 2 aromatic carbocycles. The molecule has 1 aromatic heterocycles. The van der Waals surface area contributed by atoms with Crippen molar-refractivity contribution in [2.45, 2.75) is 83.3 Å². The number of fused-ring (bicyclic) bond motifs is 1. The van der Waals surface area contributed by atoms with E-state index in [-0.39, 0.29) is 33.8 Å². The Balaban J connectivity index is 1.34. The summed E-state index contributed by atoms with van der Waals surface area (Å²) in [6.07, 6.45) is -1.44. The van der Waals surface area contributed by atoms with E-state index in [0.717, 1.165) is 51.9 Å². The molecule has 0 saturated carbocycles. The highest BCUT2D eigenvalue weighted by Crippen LogP contribution is 2.41. The molecule has 4 heterocycles. The van der Waals surface area contributed by atoms with E-state index in [2.05, 4.69) is 23.6 Å². The number of aromatic hydroxyl groups is 2. The van der Waals surface area contributed by atoms with Gasteiger partial charge in [0, 0.05) is 26.2 Å². The number of hydrogen-bond donors (Lipinski definition) is 6. The van der Waals surface area contributed by atoms with Gasteiger partial charge in [-0.1, -0.05) is 26.0 Å². The Morgan fingerprint density at radius 3 is 2.06 bits per heavy atom. The third-order valence-corrected chi connectivity index (χ3v) is 9.87. The van der Waals surface area contributed by atoms with Crippen molar-refractivity contribution in [1.82, 2.24) is 9.80 Å². The van der Waals surface area contributed by atoms with E-state index < -0.39 is 42.7 Å². The molecule has 6 N–H and O–H groups in total. The van der Waals surface area contributed by atoms with Crippen molar-refractivity contribution in [1.29, 1.82) is 0 Å². The molecule has 0 spiro atoms. The minimum Gasteiger partial charge on any atom is -0.507 e. The summed E-state index contributed by atoms with van der Waals surface area (Å²) >= 11 is 0. The summed E-state index contributed by atoms with van der Waals surface area (Å²) in [5.41, 5.74) is 1.25. The molecule has 12 nitrogen and oxygen atoms in total. The Labute approximate surface area is 273 Å². The van der Waals surface area contributed by atoms with Gasteiger partial charge in [0.15, 0.2) is 0 Å². The molecule has 0 unspecified atom stereocenters. The lowest BCUT2D eigenvalue weighted by molar-refractivity contribution is -0.277. The van der Waals surface area contributed by atoms with Crippen LogP contribution >= 0.6 is 0 Å². The van der Waals surface area contributed by atoms with Gasteiger partial charge in [-0.2, -0.15) is 0 Å². The van der Waals surface area contributed by atoms with Crippen molar-refractivity contribution in [3.63, 3.8) is 0 Å². The first-order chi connectivity index (χ1) is 22.5. The molecular weight excluding hydrogens is 608 g/mol. The van der Waals surface area contributed by atoms with E-state index in [0.29, 0.717) is 41.6 Å². The van der Waals surface area contributed by atoms with E-state index in [4.69, 9.17) is 13.9 Å². The highest BCUT2D eigenvalue weighted by Gasteiger charge is 2.44. The third-order valence-electron chi connectivity index (χ3n) is 9.87. The normalized spacial score (nSPS) is 29.3. The summed E-state index contributed by atoms with van der Waals surface area (Å²) in [4.78, 5) is 18.6. The first-order valence-corrected chi connectivity index (χ1v) is 16.6. The SMILES string of the molecule is C[C@@H]1CCCN(Cc2c(O)c(CN3CCC[C@H](C)C3)c3occ(-c4ccc(O[C@H]5O[C@@H](CO)[C@H](O)[C@@H](O)[C@@H]5O)cc4)c(=O)c3c2O)C1. The average Bonchev–Trinajstić information content (AvgIpc) is 3.05. The molecular formula is C35H46N2O10. The zero-order chi connectivity index (χ0) is 33.4. The van der Waals surface area contributed by atoms with Crippen molar-refractivity contribution in [3.05, 3.63) is 51.9 Å². The van der Waals surface area contributed by atoms with Gasteiger partial charge in [0.05, 0.1) is 23.3 Å². The first kappa shape index (κ1) is 33.7. The van der Waals surface area contributed by atoms with Crippen molar-refractivity contribution in [2.75, 3.05) is 32.8 Å². The van der Waals surface area contributed by atoms with Gasteiger partial charge >= 0.3 is 0 Å². The monoisotopic (exact) mass is 654 g/mol. The van der Waals surface area contributed by atoms with Crippen LogP contribution in [0.5, 0.6) is 17.2 Å². The summed E-state index contributed by atoms with van der Waals surface area (Å²) < 4.78 is 17.2. The van der Waals surface area contributed by atoms with Gasteiger partial charge in [0.2, 0.25) is 11.7 Å². The summed E-state index contributed by atoms with van der Waals surface area (Å²) in [6, 6.07) is 6.31. The fourth-order valence-electron chi connectivity index (χ4n) is 7.27. The Morgan fingerprint density at radius 1 is 0.851 bits per heavy atom. The molecule has 47 heavy (non-hydrogen) atoms. The predicted octanol–water partition coefficient (Wildman–Crippen LogP) is 2.51. The molecule has 0 amide bonds. The van der Waals surface area contributed by atoms with Gasteiger partial charge in [0.25, 0.3) is 0 Å². The van der Waals surface area contributed by atoms with E-state index in [1.54, 1.807) is 24.3 Å². The highest BCUT2D eigenvalue weighted by molar-refractivity contribution is 5.92. The van der Waals surface area contributed by atoms with Gasteiger partial charge < -0.3 is 44.5 Å². The first-order valence-electron chi connectivity index (χ1n) is 16.6. The summed E-state index contributed by atoms with van der Waals surface area (Å²) in [7, 11) is 0. The molecule has 7 atom stereocenters. The van der Waals surface area contributed by atoms with Crippen LogP contribution in [0.4, 0.5) is 0 Å². The largest absolute Gasteiger partial charge is 0.507 e. The number of nitrogens with zero attached hydrogens (tertiary/aromatic N) is 2. The maximum atomic E-state index is 14.1. The molecule has 3 aliphatic heterocycles. The topological polar surface area (TPSA) is 177 Å². The summed E-state index contributed by atoms with van der Waals surface area (Å²) in [5, 5.41) is 63.2. The van der Waals surface area contributed by atoms with Gasteiger partial charge in [-0.3, -0.25) is 14.6 Å². The Kier molecular flexibility index (Phi) is 10.1. The van der Waals surface area contributed by atoms with Crippen LogP contribution in [0.3, 0.4) is 0 Å². The van der Waals surface area contributed by atoms with Gasteiger partial charge in [-0.25, -0.2) is 0 Å². The Bertz CT molecular complexity index is 1610. The minimum absolute atomic E-state index is 0.0297. The zero-order valence-electron chi connectivity index (χ0n) is 26.9.